The van der Waals surface area contributed by atoms with E-state index in [0.717, 1.165) is 12.1 Å². The molecule has 0 amide bonds. The van der Waals surface area contributed by atoms with Gasteiger partial charge >= 0.3 is 12.5 Å². The molecule has 1 aromatic carbocycles. The Labute approximate surface area is 109 Å². The van der Waals surface area contributed by atoms with Crippen molar-refractivity contribution in [3.8, 4) is 0 Å². The lowest BCUT2D eigenvalue weighted by Gasteiger charge is -2.12. The fraction of sp³-hybridized carbons (Fsp3) is 0.400. The number of alkyl halides is 6. The zero-order valence-corrected chi connectivity index (χ0v) is 9.96. The van der Waals surface area contributed by atoms with Gasteiger partial charge < -0.3 is 5.32 Å². The molecule has 0 aliphatic carbocycles. The molecule has 0 unspecified atom stereocenters. The van der Waals surface area contributed by atoms with Crippen LogP contribution >= 0.6 is 11.6 Å². The molecule has 0 heterocycles. The Hall–Kier alpha value is -1.15. The molecule has 0 bridgehead atoms. The zero-order chi connectivity index (χ0) is 14.7. The molecule has 2 nitrogen and oxygen atoms in total. The van der Waals surface area contributed by atoms with Gasteiger partial charge in [-0.3, -0.25) is 4.74 Å². The Morgan fingerprint density at radius 2 is 1.74 bits per heavy atom. The molecule has 0 spiro atoms. The van der Waals surface area contributed by atoms with Crippen LogP contribution in [0.5, 0.6) is 0 Å². The second-order valence-electron chi connectivity index (χ2n) is 3.41. The lowest BCUT2D eigenvalue weighted by molar-refractivity contribution is -0.322. The largest absolute Gasteiger partial charge is 0.522 e. The minimum absolute atomic E-state index is 0.0976. The maximum Gasteiger partial charge on any atom is 0.522 e. The summed E-state index contributed by atoms with van der Waals surface area (Å²) in [5.41, 5.74) is -0.838. The number of hydrogen-bond acceptors (Lipinski definition) is 2. The van der Waals surface area contributed by atoms with Gasteiger partial charge in [0.25, 0.3) is 0 Å². The summed E-state index contributed by atoms with van der Waals surface area (Å²) >= 11 is 5.58. The van der Waals surface area contributed by atoms with E-state index in [0.29, 0.717) is 6.07 Å². The van der Waals surface area contributed by atoms with E-state index >= 15 is 0 Å². The molecule has 108 valence electrons. The highest BCUT2D eigenvalue weighted by Gasteiger charge is 2.31. The van der Waals surface area contributed by atoms with E-state index in [4.69, 9.17) is 11.6 Å². The number of ether oxygens (including phenoxy) is 1. The highest BCUT2D eigenvalue weighted by atomic mass is 35.5. The number of benzene rings is 1. The predicted molar refractivity (Wildman–Crippen MR) is 57.0 cm³/mol. The summed E-state index contributed by atoms with van der Waals surface area (Å²) < 4.78 is 75.4. The van der Waals surface area contributed by atoms with Crippen molar-refractivity contribution in [2.45, 2.75) is 12.5 Å². The van der Waals surface area contributed by atoms with Gasteiger partial charge in [0.1, 0.15) is 0 Å². The Bertz CT molecular complexity index is 431. The first kappa shape index (κ1) is 15.9. The molecule has 0 fully saturated rings. The van der Waals surface area contributed by atoms with Gasteiger partial charge in [0.05, 0.1) is 22.9 Å². The van der Waals surface area contributed by atoms with Crippen molar-refractivity contribution in [1.29, 1.82) is 0 Å². The predicted octanol–water partition coefficient (Wildman–Crippen LogP) is 4.31. The fourth-order valence-electron chi connectivity index (χ4n) is 1.19. The van der Waals surface area contributed by atoms with Crippen LogP contribution in [-0.4, -0.2) is 19.5 Å². The van der Waals surface area contributed by atoms with E-state index in [9.17, 15) is 26.3 Å². The van der Waals surface area contributed by atoms with Crippen molar-refractivity contribution in [2.24, 2.45) is 0 Å². The molecule has 9 heteroatoms. The van der Waals surface area contributed by atoms with Crippen LogP contribution in [0, 0.1) is 0 Å². The average molecular weight is 308 g/mol. The van der Waals surface area contributed by atoms with Gasteiger partial charge in [0.2, 0.25) is 0 Å². The summed E-state index contributed by atoms with van der Waals surface area (Å²) in [5.74, 6) is 0. The maximum absolute atomic E-state index is 12.3. The Morgan fingerprint density at radius 3 is 2.21 bits per heavy atom. The topological polar surface area (TPSA) is 21.3 Å². The average Bonchev–Trinajstić information content (AvgIpc) is 2.23. The van der Waals surface area contributed by atoms with E-state index in [1.807, 2.05) is 0 Å². The molecular formula is C10H8ClF6NO. The maximum atomic E-state index is 12.3. The normalized spacial score (nSPS) is 12.6. The van der Waals surface area contributed by atoms with Gasteiger partial charge in [-0.25, -0.2) is 0 Å². The summed E-state index contributed by atoms with van der Waals surface area (Å²) in [6, 6.07) is 2.51. The van der Waals surface area contributed by atoms with Gasteiger partial charge in [-0.05, 0) is 18.2 Å². The van der Waals surface area contributed by atoms with Crippen LogP contribution in [0.4, 0.5) is 32.0 Å². The van der Waals surface area contributed by atoms with Crippen LogP contribution in [0.25, 0.3) is 0 Å². The van der Waals surface area contributed by atoms with Gasteiger partial charge in [0, 0.05) is 6.54 Å². The standard InChI is InChI=1S/C10H8ClF6NO/c11-7-5-6(9(12,13)14)1-2-8(7)18-3-4-19-10(15,16)17/h1-2,5,18H,3-4H2. The molecule has 1 rings (SSSR count). The molecule has 0 atom stereocenters. The van der Waals surface area contributed by atoms with Crippen molar-refractivity contribution in [2.75, 3.05) is 18.5 Å². The lowest BCUT2D eigenvalue weighted by atomic mass is 10.2. The number of nitrogens with one attached hydrogen (secondary N) is 1. The van der Waals surface area contributed by atoms with Crippen LogP contribution in [0.2, 0.25) is 5.02 Å². The quantitative estimate of drug-likeness (QED) is 0.661. The summed E-state index contributed by atoms with van der Waals surface area (Å²) in [5, 5.41) is 2.21. The summed E-state index contributed by atoms with van der Waals surface area (Å²) in [4.78, 5) is 0. The summed E-state index contributed by atoms with van der Waals surface area (Å²) in [6.45, 7) is -0.925. The van der Waals surface area contributed by atoms with Gasteiger partial charge in [-0.2, -0.15) is 13.2 Å². The van der Waals surface area contributed by atoms with Crippen molar-refractivity contribution in [3.63, 3.8) is 0 Å². The molecule has 0 aliphatic heterocycles. The second kappa shape index (κ2) is 5.87. The van der Waals surface area contributed by atoms with Crippen molar-refractivity contribution in [1.82, 2.24) is 0 Å². The van der Waals surface area contributed by atoms with Gasteiger partial charge in [-0.15, -0.1) is 13.2 Å². The monoisotopic (exact) mass is 307 g/mol. The van der Waals surface area contributed by atoms with Crippen molar-refractivity contribution in [3.05, 3.63) is 28.8 Å². The van der Waals surface area contributed by atoms with Crippen LogP contribution in [-0.2, 0) is 10.9 Å². The molecule has 19 heavy (non-hydrogen) atoms. The van der Waals surface area contributed by atoms with Crippen LogP contribution < -0.4 is 5.32 Å². The van der Waals surface area contributed by atoms with E-state index in [-0.39, 0.29) is 17.3 Å². The third kappa shape index (κ3) is 5.56. The molecule has 0 saturated heterocycles. The Balaban J connectivity index is 2.57. The van der Waals surface area contributed by atoms with Crippen LogP contribution in [0.3, 0.4) is 0 Å². The minimum Gasteiger partial charge on any atom is -0.382 e. The number of rotatable bonds is 4. The number of hydrogen-bond donors (Lipinski definition) is 1. The lowest BCUT2D eigenvalue weighted by Crippen LogP contribution is -2.19. The van der Waals surface area contributed by atoms with E-state index in [2.05, 4.69) is 10.1 Å². The van der Waals surface area contributed by atoms with E-state index in [1.54, 1.807) is 0 Å². The summed E-state index contributed by atoms with van der Waals surface area (Å²) in [6.07, 6.45) is -9.27. The first-order valence-corrected chi connectivity index (χ1v) is 5.29. The minimum atomic E-state index is -4.74. The summed E-state index contributed by atoms with van der Waals surface area (Å²) in [7, 11) is 0. The smallest absolute Gasteiger partial charge is 0.382 e. The molecular weight excluding hydrogens is 300 g/mol. The van der Waals surface area contributed by atoms with Crippen LogP contribution in [0.1, 0.15) is 5.56 Å². The van der Waals surface area contributed by atoms with Crippen molar-refractivity contribution < 1.29 is 31.1 Å². The second-order valence-corrected chi connectivity index (χ2v) is 3.82. The van der Waals surface area contributed by atoms with Crippen molar-refractivity contribution >= 4 is 17.3 Å². The molecule has 0 saturated carbocycles. The Kier molecular flexibility index (Phi) is 4.92. The fourth-order valence-corrected chi connectivity index (χ4v) is 1.43. The van der Waals surface area contributed by atoms with E-state index < -0.39 is 24.7 Å². The van der Waals surface area contributed by atoms with Gasteiger partial charge in [-0.1, -0.05) is 11.6 Å². The van der Waals surface area contributed by atoms with E-state index in [1.165, 1.54) is 0 Å². The van der Waals surface area contributed by atoms with Crippen LogP contribution in [0.15, 0.2) is 18.2 Å². The van der Waals surface area contributed by atoms with Gasteiger partial charge in [0.15, 0.2) is 0 Å². The number of halogens is 7. The molecule has 1 aromatic rings. The third-order valence-corrected chi connectivity index (χ3v) is 2.29. The highest BCUT2D eigenvalue weighted by molar-refractivity contribution is 6.33. The molecule has 0 aromatic heterocycles. The first-order valence-electron chi connectivity index (χ1n) is 4.91. The zero-order valence-electron chi connectivity index (χ0n) is 9.20. The SMILES string of the molecule is FC(F)(F)OCCNc1ccc(C(F)(F)F)cc1Cl. The highest BCUT2D eigenvalue weighted by Crippen LogP contribution is 2.33. The molecule has 0 aliphatic rings. The molecule has 1 N–H and O–H groups in total. The first-order chi connectivity index (χ1) is 8.59. The third-order valence-electron chi connectivity index (χ3n) is 1.98. The Morgan fingerprint density at radius 1 is 1.11 bits per heavy atom. The molecule has 0 radical (unpaired) electrons. The number of anilines is 1.